The molecule has 8 heteroatoms. The van der Waals surface area contributed by atoms with Crippen molar-refractivity contribution in [1.29, 1.82) is 5.26 Å². The molecule has 2 aromatic heterocycles. The number of fused-ring (bicyclic) bond motifs is 1. The Morgan fingerprint density at radius 1 is 1.27 bits per heavy atom. The minimum atomic E-state index is -0.0994. The van der Waals surface area contributed by atoms with Gasteiger partial charge in [-0.1, -0.05) is 12.1 Å². The van der Waals surface area contributed by atoms with E-state index in [2.05, 4.69) is 24.8 Å². The number of carbonyl (C=O) groups excluding carboxylic acids is 1. The molecule has 3 heterocycles. The lowest BCUT2D eigenvalue weighted by atomic mass is 10.1. The summed E-state index contributed by atoms with van der Waals surface area (Å²) in [6.07, 6.45) is 5.83. The van der Waals surface area contributed by atoms with Crippen molar-refractivity contribution in [2.75, 3.05) is 31.1 Å². The van der Waals surface area contributed by atoms with Gasteiger partial charge in [0.15, 0.2) is 6.61 Å². The number of H-pyrrole nitrogens is 1. The Balaban J connectivity index is 1.30. The van der Waals surface area contributed by atoms with E-state index < -0.39 is 0 Å². The highest BCUT2D eigenvalue weighted by molar-refractivity contribution is 5.87. The first-order valence-corrected chi connectivity index (χ1v) is 10.1. The van der Waals surface area contributed by atoms with Crippen LogP contribution in [0.2, 0.25) is 0 Å². The predicted octanol–water partition coefficient (Wildman–Crippen LogP) is 2.28. The molecule has 0 bridgehead atoms. The third-order valence-corrected chi connectivity index (χ3v) is 5.97. The Labute approximate surface area is 174 Å². The number of carbonyl (C=O) groups is 1. The number of ether oxygens (including phenoxy) is 1. The van der Waals surface area contributed by atoms with Crippen molar-refractivity contribution in [2.24, 2.45) is 0 Å². The molecule has 0 atom stereocenters. The molecule has 1 aliphatic carbocycles. The van der Waals surface area contributed by atoms with Gasteiger partial charge in [0.2, 0.25) is 5.91 Å². The van der Waals surface area contributed by atoms with E-state index >= 15 is 0 Å². The Bertz CT molecular complexity index is 1130. The molecule has 2 aliphatic rings. The minimum absolute atomic E-state index is 0.0000763. The van der Waals surface area contributed by atoms with E-state index in [9.17, 15) is 4.79 Å². The molecule has 1 aliphatic heterocycles. The number of hydrogen-bond acceptors (Lipinski definition) is 6. The zero-order valence-corrected chi connectivity index (χ0v) is 16.5. The van der Waals surface area contributed by atoms with Crippen LogP contribution >= 0.6 is 0 Å². The van der Waals surface area contributed by atoms with Crippen molar-refractivity contribution in [2.45, 2.75) is 24.8 Å². The van der Waals surface area contributed by atoms with Crippen LogP contribution in [0.5, 0.6) is 5.75 Å². The number of rotatable bonds is 5. The quantitative estimate of drug-likeness (QED) is 0.703. The maximum Gasteiger partial charge on any atom is 0.227 e. The number of benzene rings is 1. The summed E-state index contributed by atoms with van der Waals surface area (Å²) < 4.78 is 5.36. The highest BCUT2D eigenvalue weighted by Crippen LogP contribution is 2.45. The van der Waals surface area contributed by atoms with E-state index in [1.165, 1.54) is 0 Å². The molecule has 5 rings (SSSR count). The van der Waals surface area contributed by atoms with Gasteiger partial charge in [-0.3, -0.25) is 4.79 Å². The zero-order valence-electron chi connectivity index (χ0n) is 16.5. The summed E-state index contributed by atoms with van der Waals surface area (Å²) in [4.78, 5) is 29.4. The van der Waals surface area contributed by atoms with Crippen molar-refractivity contribution >= 4 is 22.8 Å². The Morgan fingerprint density at radius 3 is 3.00 bits per heavy atom. The molecular formula is C22H22N6O2. The summed E-state index contributed by atoms with van der Waals surface area (Å²) in [5.41, 5.74) is 1.64. The van der Waals surface area contributed by atoms with Crippen LogP contribution < -0.4 is 9.64 Å². The van der Waals surface area contributed by atoms with Crippen molar-refractivity contribution in [3.05, 3.63) is 48.4 Å². The topological polar surface area (TPSA) is 98.1 Å². The summed E-state index contributed by atoms with van der Waals surface area (Å²) in [6.45, 7) is 2.22. The van der Waals surface area contributed by atoms with Gasteiger partial charge < -0.3 is 19.5 Å². The molecule has 1 saturated heterocycles. The molecule has 30 heavy (non-hydrogen) atoms. The molecule has 1 N–H and O–H groups in total. The van der Waals surface area contributed by atoms with E-state index in [1.54, 1.807) is 12.4 Å². The molecule has 8 nitrogen and oxygen atoms in total. The van der Waals surface area contributed by atoms with Crippen LogP contribution in [0.25, 0.3) is 11.0 Å². The first kappa shape index (κ1) is 18.4. The number of nitriles is 1. The highest BCUT2D eigenvalue weighted by Gasteiger charge is 2.53. The van der Waals surface area contributed by atoms with Crippen LogP contribution in [-0.2, 0) is 11.2 Å². The number of hydrogen-bond donors (Lipinski definition) is 1. The third kappa shape index (κ3) is 3.32. The average Bonchev–Trinajstić information content (AvgIpc) is 3.33. The van der Waals surface area contributed by atoms with Crippen molar-refractivity contribution < 1.29 is 9.53 Å². The van der Waals surface area contributed by atoms with Gasteiger partial charge in [0, 0.05) is 25.8 Å². The van der Waals surface area contributed by atoms with Gasteiger partial charge in [-0.15, -0.1) is 0 Å². The van der Waals surface area contributed by atoms with Crippen LogP contribution in [0.3, 0.4) is 0 Å². The molecule has 2 fully saturated rings. The summed E-state index contributed by atoms with van der Waals surface area (Å²) in [6, 6.07) is 11.4. The summed E-state index contributed by atoms with van der Waals surface area (Å²) in [5.74, 6) is 1.69. The molecule has 0 unspecified atom stereocenters. The van der Waals surface area contributed by atoms with Crippen molar-refractivity contribution in [3.8, 4) is 11.8 Å². The first-order valence-electron chi connectivity index (χ1n) is 10.1. The maximum absolute atomic E-state index is 13.1. The second-order valence-electron chi connectivity index (χ2n) is 7.90. The van der Waals surface area contributed by atoms with E-state index in [4.69, 9.17) is 10.00 Å². The number of aromatic amines is 1. The standard InChI is InChI=1S/C22H22N6O2/c23-7-11-30-17-3-1-2-16(12-17)13-19(29)28-10-9-27(14-22(28)5-6-22)21-18-4-8-24-20(18)25-15-26-21/h1-4,8,12,15H,5-6,9-11,13-14H2,(H,24,25,26). The van der Waals surface area contributed by atoms with Crippen molar-refractivity contribution in [3.63, 3.8) is 0 Å². The van der Waals surface area contributed by atoms with E-state index in [1.807, 2.05) is 36.5 Å². The van der Waals surface area contributed by atoms with Gasteiger partial charge in [-0.25, -0.2) is 9.97 Å². The van der Waals surface area contributed by atoms with E-state index in [-0.39, 0.29) is 18.1 Å². The number of aromatic nitrogens is 3. The van der Waals surface area contributed by atoms with E-state index in [0.29, 0.717) is 18.7 Å². The van der Waals surface area contributed by atoms with Gasteiger partial charge in [-0.05, 0) is 36.6 Å². The average molecular weight is 402 g/mol. The van der Waals surface area contributed by atoms with Gasteiger partial charge in [0.25, 0.3) is 0 Å². The van der Waals surface area contributed by atoms with Gasteiger partial charge >= 0.3 is 0 Å². The summed E-state index contributed by atoms with van der Waals surface area (Å²) in [5, 5.41) is 9.69. The number of nitrogens with one attached hydrogen (secondary N) is 1. The molecule has 1 aromatic carbocycles. The lowest BCUT2D eigenvalue weighted by molar-refractivity contribution is -0.134. The fourth-order valence-corrected chi connectivity index (χ4v) is 4.36. The van der Waals surface area contributed by atoms with Crippen LogP contribution in [0.4, 0.5) is 5.82 Å². The third-order valence-electron chi connectivity index (χ3n) is 5.97. The molecule has 0 radical (unpaired) electrons. The van der Waals surface area contributed by atoms with E-state index in [0.717, 1.165) is 48.3 Å². The Kier molecular flexibility index (Phi) is 4.51. The smallest absolute Gasteiger partial charge is 0.227 e. The van der Waals surface area contributed by atoms with Gasteiger partial charge in [-0.2, -0.15) is 5.26 Å². The highest BCUT2D eigenvalue weighted by atomic mass is 16.5. The molecule has 3 aromatic rings. The predicted molar refractivity (Wildman–Crippen MR) is 111 cm³/mol. The van der Waals surface area contributed by atoms with Crippen LogP contribution in [-0.4, -0.2) is 57.5 Å². The lowest BCUT2D eigenvalue weighted by Gasteiger charge is -2.43. The van der Waals surface area contributed by atoms with Crippen LogP contribution in [0.15, 0.2) is 42.9 Å². The molecule has 152 valence electrons. The molecular weight excluding hydrogens is 380 g/mol. The zero-order chi connectivity index (χ0) is 20.6. The maximum atomic E-state index is 13.1. The monoisotopic (exact) mass is 402 g/mol. The number of piperazine rings is 1. The van der Waals surface area contributed by atoms with Gasteiger partial charge in [0.1, 0.15) is 29.6 Å². The minimum Gasteiger partial charge on any atom is -0.479 e. The van der Waals surface area contributed by atoms with Gasteiger partial charge in [0.05, 0.1) is 17.3 Å². The second kappa shape index (κ2) is 7.34. The number of nitrogens with zero attached hydrogens (tertiary/aromatic N) is 5. The fourth-order valence-electron chi connectivity index (χ4n) is 4.36. The normalized spacial score (nSPS) is 17.2. The molecule has 1 spiro atoms. The number of anilines is 1. The van der Waals surface area contributed by atoms with Crippen LogP contribution in [0, 0.1) is 11.3 Å². The first-order chi connectivity index (χ1) is 14.7. The summed E-state index contributed by atoms with van der Waals surface area (Å²) in [7, 11) is 0. The summed E-state index contributed by atoms with van der Waals surface area (Å²) >= 11 is 0. The molecule has 1 amide bonds. The SMILES string of the molecule is N#CCOc1cccc(CC(=O)N2CCN(c3ncnc4[nH]ccc34)CC23CC3)c1. The second-order valence-corrected chi connectivity index (χ2v) is 7.90. The number of amides is 1. The lowest BCUT2D eigenvalue weighted by Crippen LogP contribution is -2.57. The fraction of sp³-hybridized carbons (Fsp3) is 0.364. The Hall–Kier alpha value is -3.60. The molecule has 1 saturated carbocycles. The van der Waals surface area contributed by atoms with Crippen molar-refractivity contribution in [1.82, 2.24) is 19.9 Å². The van der Waals surface area contributed by atoms with Crippen LogP contribution in [0.1, 0.15) is 18.4 Å². The Morgan fingerprint density at radius 2 is 2.17 bits per heavy atom. The largest absolute Gasteiger partial charge is 0.479 e.